The normalized spacial score (nSPS) is 25.8. The molecule has 18 heavy (non-hydrogen) atoms. The predicted octanol–water partition coefficient (Wildman–Crippen LogP) is 1.08. The van der Waals surface area contributed by atoms with E-state index in [1.54, 1.807) is 4.90 Å². The van der Waals surface area contributed by atoms with Gasteiger partial charge < -0.3 is 9.64 Å². The Balaban J connectivity index is 1.72. The molecule has 1 aromatic rings. The first-order valence-electron chi connectivity index (χ1n) is 6.17. The number of nitriles is 1. The van der Waals surface area contributed by atoms with Gasteiger partial charge in [0.1, 0.15) is 0 Å². The van der Waals surface area contributed by atoms with Crippen molar-refractivity contribution in [1.29, 1.82) is 5.26 Å². The number of ether oxygens (including phenoxy) is 1. The Hall–Kier alpha value is -1.86. The summed E-state index contributed by atoms with van der Waals surface area (Å²) in [4.78, 5) is 14.1. The summed E-state index contributed by atoms with van der Waals surface area (Å²) in [5.74, 6) is 0.121. The van der Waals surface area contributed by atoms with Gasteiger partial charge in [-0.25, -0.2) is 0 Å². The minimum atomic E-state index is -0.474. The average molecular weight is 242 g/mol. The molecule has 0 spiro atoms. The molecule has 1 heterocycles. The first-order chi connectivity index (χ1) is 8.79. The smallest absolute Gasteiger partial charge is 0.230 e. The van der Waals surface area contributed by atoms with Crippen LogP contribution in [-0.4, -0.2) is 36.6 Å². The second kappa shape index (κ2) is 4.43. The zero-order chi connectivity index (χ0) is 12.5. The standard InChI is InChI=1S/C14H14N2O2/c15-8-11-9-16(5-6-18-11)14(17)13-7-10-3-1-2-4-12(10)13/h1-4,11,13H,5-7,9H2. The molecule has 0 saturated carbocycles. The fourth-order valence-corrected chi connectivity index (χ4v) is 2.63. The minimum absolute atomic E-state index is 0.0151. The summed E-state index contributed by atoms with van der Waals surface area (Å²) in [6.45, 7) is 1.45. The van der Waals surface area contributed by atoms with Crippen LogP contribution in [0.4, 0.5) is 0 Å². The van der Waals surface area contributed by atoms with Gasteiger partial charge in [-0.2, -0.15) is 5.26 Å². The van der Waals surface area contributed by atoms with Gasteiger partial charge >= 0.3 is 0 Å². The highest BCUT2D eigenvalue weighted by molar-refractivity contribution is 5.87. The maximum absolute atomic E-state index is 12.4. The molecule has 1 fully saturated rings. The molecule has 3 rings (SSSR count). The van der Waals surface area contributed by atoms with E-state index in [-0.39, 0.29) is 11.8 Å². The highest BCUT2D eigenvalue weighted by atomic mass is 16.5. The summed E-state index contributed by atoms with van der Waals surface area (Å²) in [5, 5.41) is 8.85. The second-order valence-corrected chi connectivity index (χ2v) is 4.73. The van der Waals surface area contributed by atoms with Crippen molar-refractivity contribution in [3.05, 3.63) is 35.4 Å². The van der Waals surface area contributed by atoms with Crippen molar-refractivity contribution >= 4 is 5.91 Å². The molecule has 1 saturated heterocycles. The topological polar surface area (TPSA) is 53.3 Å². The van der Waals surface area contributed by atoms with Crippen molar-refractivity contribution < 1.29 is 9.53 Å². The molecule has 2 aliphatic rings. The Morgan fingerprint density at radius 1 is 1.44 bits per heavy atom. The lowest BCUT2D eigenvalue weighted by atomic mass is 9.77. The fraction of sp³-hybridized carbons (Fsp3) is 0.429. The van der Waals surface area contributed by atoms with E-state index in [0.717, 1.165) is 12.0 Å². The molecular weight excluding hydrogens is 228 g/mol. The highest BCUT2D eigenvalue weighted by Crippen LogP contribution is 2.36. The number of rotatable bonds is 1. The van der Waals surface area contributed by atoms with Crippen LogP contribution in [0.15, 0.2) is 24.3 Å². The maximum atomic E-state index is 12.4. The third-order valence-electron chi connectivity index (χ3n) is 3.67. The lowest BCUT2D eigenvalue weighted by Crippen LogP contribution is -2.48. The lowest BCUT2D eigenvalue weighted by Gasteiger charge is -2.36. The monoisotopic (exact) mass is 242 g/mol. The first-order valence-corrected chi connectivity index (χ1v) is 6.17. The molecular formula is C14H14N2O2. The van der Waals surface area contributed by atoms with E-state index >= 15 is 0 Å². The third kappa shape index (κ3) is 1.77. The highest BCUT2D eigenvalue weighted by Gasteiger charge is 2.36. The van der Waals surface area contributed by atoms with Crippen LogP contribution in [0.5, 0.6) is 0 Å². The molecule has 92 valence electrons. The van der Waals surface area contributed by atoms with Crippen LogP contribution in [0.1, 0.15) is 17.0 Å². The zero-order valence-corrected chi connectivity index (χ0v) is 10.0. The Kier molecular flexibility index (Phi) is 2.77. The number of morpholine rings is 1. The lowest BCUT2D eigenvalue weighted by molar-refractivity contribution is -0.139. The number of hydrogen-bond donors (Lipinski definition) is 0. The minimum Gasteiger partial charge on any atom is -0.360 e. The Labute approximate surface area is 106 Å². The molecule has 2 unspecified atom stereocenters. The van der Waals surface area contributed by atoms with E-state index in [1.807, 2.05) is 18.2 Å². The van der Waals surface area contributed by atoms with E-state index in [0.29, 0.717) is 19.7 Å². The summed E-state index contributed by atoms with van der Waals surface area (Å²) in [6.07, 6.45) is 0.349. The Bertz CT molecular complexity index is 521. The summed E-state index contributed by atoms with van der Waals surface area (Å²) >= 11 is 0. The number of benzene rings is 1. The largest absolute Gasteiger partial charge is 0.360 e. The van der Waals surface area contributed by atoms with Crippen LogP contribution in [-0.2, 0) is 16.0 Å². The van der Waals surface area contributed by atoms with E-state index < -0.39 is 6.10 Å². The Morgan fingerprint density at radius 2 is 2.28 bits per heavy atom. The molecule has 0 N–H and O–H groups in total. The van der Waals surface area contributed by atoms with Gasteiger partial charge in [0.2, 0.25) is 5.91 Å². The summed E-state index contributed by atoms with van der Waals surface area (Å²) < 4.78 is 5.25. The van der Waals surface area contributed by atoms with Crippen molar-refractivity contribution in [2.75, 3.05) is 19.7 Å². The summed E-state index contributed by atoms with van der Waals surface area (Å²) in [7, 11) is 0. The van der Waals surface area contributed by atoms with E-state index in [1.165, 1.54) is 5.56 Å². The van der Waals surface area contributed by atoms with Crippen LogP contribution in [0.25, 0.3) is 0 Å². The summed E-state index contributed by atoms with van der Waals surface area (Å²) in [6, 6.07) is 10.1. The quantitative estimate of drug-likeness (QED) is 0.740. The molecule has 4 heteroatoms. The van der Waals surface area contributed by atoms with Crippen molar-refractivity contribution in [1.82, 2.24) is 4.90 Å². The van der Waals surface area contributed by atoms with Gasteiger partial charge in [0.15, 0.2) is 6.10 Å². The van der Waals surface area contributed by atoms with Gasteiger partial charge in [0, 0.05) is 6.54 Å². The third-order valence-corrected chi connectivity index (χ3v) is 3.67. The van der Waals surface area contributed by atoms with Gasteiger partial charge in [-0.05, 0) is 17.5 Å². The molecule has 4 nitrogen and oxygen atoms in total. The van der Waals surface area contributed by atoms with Crippen LogP contribution >= 0.6 is 0 Å². The van der Waals surface area contributed by atoms with Gasteiger partial charge in [0.05, 0.1) is 25.1 Å². The number of nitrogens with zero attached hydrogens (tertiary/aromatic N) is 2. The SMILES string of the molecule is N#CC1CN(C(=O)C2Cc3ccccc32)CCO1. The second-order valence-electron chi connectivity index (χ2n) is 4.73. The number of amides is 1. The van der Waals surface area contributed by atoms with Crippen molar-refractivity contribution in [3.63, 3.8) is 0 Å². The molecule has 0 radical (unpaired) electrons. The van der Waals surface area contributed by atoms with Crippen LogP contribution in [0.2, 0.25) is 0 Å². The molecule has 0 bridgehead atoms. The van der Waals surface area contributed by atoms with Gasteiger partial charge in [-0.3, -0.25) is 4.79 Å². The number of carbonyl (C=O) groups is 1. The molecule has 1 aliphatic heterocycles. The van der Waals surface area contributed by atoms with E-state index in [2.05, 4.69) is 12.1 Å². The van der Waals surface area contributed by atoms with Crippen LogP contribution in [0.3, 0.4) is 0 Å². The van der Waals surface area contributed by atoms with Gasteiger partial charge in [-0.1, -0.05) is 24.3 Å². The van der Waals surface area contributed by atoms with Gasteiger partial charge in [-0.15, -0.1) is 0 Å². The Morgan fingerprint density at radius 3 is 3.06 bits per heavy atom. The predicted molar refractivity (Wildman–Crippen MR) is 64.8 cm³/mol. The summed E-state index contributed by atoms with van der Waals surface area (Å²) in [5.41, 5.74) is 2.41. The van der Waals surface area contributed by atoms with Crippen LogP contribution in [0, 0.1) is 11.3 Å². The number of hydrogen-bond acceptors (Lipinski definition) is 3. The van der Waals surface area contributed by atoms with Crippen LogP contribution < -0.4 is 0 Å². The zero-order valence-electron chi connectivity index (χ0n) is 10.0. The van der Waals surface area contributed by atoms with Crippen molar-refractivity contribution in [2.24, 2.45) is 0 Å². The molecule has 1 aliphatic carbocycles. The maximum Gasteiger partial charge on any atom is 0.230 e. The van der Waals surface area contributed by atoms with Gasteiger partial charge in [0.25, 0.3) is 0 Å². The number of carbonyl (C=O) groups excluding carboxylic acids is 1. The number of fused-ring (bicyclic) bond motifs is 1. The van der Waals surface area contributed by atoms with Crippen molar-refractivity contribution in [2.45, 2.75) is 18.4 Å². The molecule has 1 aromatic carbocycles. The molecule has 1 amide bonds. The van der Waals surface area contributed by atoms with E-state index in [4.69, 9.17) is 10.00 Å². The van der Waals surface area contributed by atoms with Crippen molar-refractivity contribution in [3.8, 4) is 6.07 Å². The van der Waals surface area contributed by atoms with E-state index in [9.17, 15) is 4.79 Å². The molecule has 0 aromatic heterocycles. The first kappa shape index (κ1) is 11.2. The molecule has 2 atom stereocenters. The average Bonchev–Trinajstić information content (AvgIpc) is 2.40. The fourth-order valence-electron chi connectivity index (χ4n) is 2.63.